The molecule has 1 amide bonds. The first-order valence-electron chi connectivity index (χ1n) is 9.49. The van der Waals surface area contributed by atoms with E-state index in [1.165, 1.54) is 10.6 Å². The van der Waals surface area contributed by atoms with E-state index in [1.807, 2.05) is 19.9 Å². The number of sulfone groups is 1. The Morgan fingerprint density at radius 1 is 0.900 bits per heavy atom. The lowest BCUT2D eigenvalue weighted by Gasteiger charge is -2.15. The number of carbonyl (C=O) groups is 1. The molecule has 6 nitrogen and oxygen atoms in total. The van der Waals surface area contributed by atoms with Crippen LogP contribution in [0, 0.1) is 27.7 Å². The van der Waals surface area contributed by atoms with Crippen molar-refractivity contribution in [1.82, 2.24) is 4.57 Å². The molecule has 0 aliphatic carbocycles. The molecule has 1 aromatic heterocycles. The monoisotopic (exact) mass is 424 g/mol. The molecule has 30 heavy (non-hydrogen) atoms. The molecule has 3 rings (SSSR count). The second kappa shape index (κ2) is 8.28. The maximum Gasteiger partial charge on any atom is 0.270 e. The van der Waals surface area contributed by atoms with Crippen LogP contribution in [-0.2, 0) is 21.2 Å². The number of benzene rings is 2. The Labute approximate surface area is 176 Å². The highest BCUT2D eigenvalue weighted by molar-refractivity contribution is 7.91. The van der Waals surface area contributed by atoms with Crippen molar-refractivity contribution < 1.29 is 13.2 Å². The van der Waals surface area contributed by atoms with Crippen molar-refractivity contribution >= 4 is 21.4 Å². The van der Waals surface area contributed by atoms with E-state index in [2.05, 4.69) is 5.32 Å². The molecule has 1 N–H and O–H groups in total. The number of para-hydroxylation sites is 1. The normalized spacial score (nSPS) is 11.3. The van der Waals surface area contributed by atoms with Crippen molar-refractivity contribution in [3.05, 3.63) is 87.3 Å². The molecule has 0 fully saturated rings. The Kier molecular flexibility index (Phi) is 5.94. The van der Waals surface area contributed by atoms with E-state index in [0.29, 0.717) is 16.9 Å². The Balaban J connectivity index is 2.04. The standard InChI is InChI=1S/C23H24N2O4S/c1-15-10-11-20(13-16(15)2)30(28,29)22-17(3)12-18(4)25(23(22)27)14-21(26)24-19-8-6-5-7-9-19/h5-13H,14H2,1-4H3,(H,24,26). The molecule has 0 unspecified atom stereocenters. The van der Waals surface area contributed by atoms with Gasteiger partial charge in [0.15, 0.2) is 0 Å². The van der Waals surface area contributed by atoms with E-state index in [1.54, 1.807) is 56.3 Å². The topological polar surface area (TPSA) is 85.2 Å². The number of nitrogens with zero attached hydrogens (tertiary/aromatic N) is 1. The lowest BCUT2D eigenvalue weighted by Crippen LogP contribution is -2.33. The molecule has 1 heterocycles. The molecule has 3 aromatic rings. The Morgan fingerprint density at radius 3 is 2.20 bits per heavy atom. The number of rotatable bonds is 5. The fourth-order valence-corrected chi connectivity index (χ4v) is 4.93. The van der Waals surface area contributed by atoms with Crippen LogP contribution in [0.15, 0.2) is 69.2 Å². The zero-order valence-electron chi connectivity index (χ0n) is 17.4. The molecule has 0 aliphatic heterocycles. The quantitative estimate of drug-likeness (QED) is 0.679. The van der Waals surface area contributed by atoms with E-state index in [-0.39, 0.29) is 16.3 Å². The van der Waals surface area contributed by atoms with Gasteiger partial charge in [0.25, 0.3) is 5.56 Å². The molecule has 7 heteroatoms. The van der Waals surface area contributed by atoms with Crippen LogP contribution in [0.2, 0.25) is 0 Å². The predicted molar refractivity (Wildman–Crippen MR) is 117 cm³/mol. The van der Waals surface area contributed by atoms with Gasteiger partial charge >= 0.3 is 0 Å². The van der Waals surface area contributed by atoms with Crippen LogP contribution in [0.3, 0.4) is 0 Å². The van der Waals surface area contributed by atoms with Gasteiger partial charge in [-0.15, -0.1) is 0 Å². The van der Waals surface area contributed by atoms with Crippen molar-refractivity contribution in [2.45, 2.75) is 44.0 Å². The highest BCUT2D eigenvalue weighted by Crippen LogP contribution is 2.23. The zero-order valence-corrected chi connectivity index (χ0v) is 18.2. The van der Waals surface area contributed by atoms with E-state index in [4.69, 9.17) is 0 Å². The molecule has 0 atom stereocenters. The van der Waals surface area contributed by atoms with Gasteiger partial charge in [0.1, 0.15) is 11.4 Å². The average molecular weight is 425 g/mol. The predicted octanol–water partition coefficient (Wildman–Crippen LogP) is 3.55. The fourth-order valence-electron chi connectivity index (χ4n) is 3.30. The van der Waals surface area contributed by atoms with Gasteiger partial charge in [-0.05, 0) is 74.7 Å². The average Bonchev–Trinajstić information content (AvgIpc) is 2.67. The summed E-state index contributed by atoms with van der Waals surface area (Å²) in [5.41, 5.74) is 2.56. The number of aromatic nitrogens is 1. The van der Waals surface area contributed by atoms with Crippen molar-refractivity contribution in [1.29, 1.82) is 0 Å². The largest absolute Gasteiger partial charge is 0.325 e. The van der Waals surface area contributed by atoms with Crippen LogP contribution in [0.4, 0.5) is 5.69 Å². The lowest BCUT2D eigenvalue weighted by atomic mass is 10.1. The molecular weight excluding hydrogens is 400 g/mol. The molecule has 2 aromatic carbocycles. The fraction of sp³-hybridized carbons (Fsp3) is 0.217. The van der Waals surface area contributed by atoms with Gasteiger partial charge in [0.2, 0.25) is 15.7 Å². The van der Waals surface area contributed by atoms with Crippen LogP contribution in [0.1, 0.15) is 22.4 Å². The van der Waals surface area contributed by atoms with E-state index in [9.17, 15) is 18.0 Å². The summed E-state index contributed by atoms with van der Waals surface area (Å²) in [4.78, 5) is 25.4. The summed E-state index contributed by atoms with van der Waals surface area (Å²) >= 11 is 0. The third kappa shape index (κ3) is 4.21. The third-order valence-corrected chi connectivity index (χ3v) is 6.97. The number of aryl methyl sites for hydroxylation is 4. The molecule has 0 bridgehead atoms. The number of anilines is 1. The molecule has 0 radical (unpaired) electrons. The minimum atomic E-state index is -4.04. The van der Waals surface area contributed by atoms with Crippen LogP contribution >= 0.6 is 0 Å². The smallest absolute Gasteiger partial charge is 0.270 e. The Morgan fingerprint density at radius 2 is 1.57 bits per heavy atom. The lowest BCUT2D eigenvalue weighted by molar-refractivity contribution is -0.116. The summed E-state index contributed by atoms with van der Waals surface area (Å²) in [6.07, 6.45) is 0. The highest BCUT2D eigenvalue weighted by atomic mass is 32.2. The van der Waals surface area contributed by atoms with Gasteiger partial charge in [0.05, 0.1) is 4.90 Å². The minimum absolute atomic E-state index is 0.0648. The summed E-state index contributed by atoms with van der Waals surface area (Å²) in [6.45, 7) is 6.70. The van der Waals surface area contributed by atoms with E-state index < -0.39 is 21.3 Å². The molecular formula is C23H24N2O4S. The second-order valence-corrected chi connectivity index (χ2v) is 9.24. The molecule has 156 valence electrons. The van der Waals surface area contributed by atoms with Crippen LogP contribution in [0.5, 0.6) is 0 Å². The zero-order chi connectivity index (χ0) is 22.1. The summed E-state index contributed by atoms with van der Waals surface area (Å²) in [5.74, 6) is -0.412. The molecule has 0 saturated carbocycles. The number of carbonyl (C=O) groups excluding carboxylic acids is 1. The minimum Gasteiger partial charge on any atom is -0.325 e. The van der Waals surface area contributed by atoms with Crippen LogP contribution in [-0.4, -0.2) is 18.9 Å². The van der Waals surface area contributed by atoms with Gasteiger partial charge in [0, 0.05) is 11.4 Å². The molecule has 0 aliphatic rings. The van der Waals surface area contributed by atoms with E-state index >= 15 is 0 Å². The maximum absolute atomic E-state index is 13.3. The first-order valence-corrected chi connectivity index (χ1v) is 11.0. The van der Waals surface area contributed by atoms with E-state index in [0.717, 1.165) is 11.1 Å². The van der Waals surface area contributed by atoms with Gasteiger partial charge in [-0.3, -0.25) is 9.59 Å². The van der Waals surface area contributed by atoms with Crippen molar-refractivity contribution in [2.75, 3.05) is 5.32 Å². The van der Waals surface area contributed by atoms with Gasteiger partial charge in [-0.1, -0.05) is 24.3 Å². The van der Waals surface area contributed by atoms with Crippen LogP contribution in [0.25, 0.3) is 0 Å². The van der Waals surface area contributed by atoms with Gasteiger partial charge < -0.3 is 9.88 Å². The van der Waals surface area contributed by atoms with Gasteiger partial charge in [-0.25, -0.2) is 8.42 Å². The second-order valence-electron chi connectivity index (χ2n) is 7.35. The Hall–Kier alpha value is -3.19. The van der Waals surface area contributed by atoms with Crippen molar-refractivity contribution in [3.63, 3.8) is 0 Å². The third-order valence-electron chi connectivity index (χ3n) is 5.07. The highest BCUT2D eigenvalue weighted by Gasteiger charge is 2.26. The number of amides is 1. The molecule has 0 spiro atoms. The number of hydrogen-bond donors (Lipinski definition) is 1. The van der Waals surface area contributed by atoms with Crippen molar-refractivity contribution in [3.8, 4) is 0 Å². The summed E-state index contributed by atoms with van der Waals surface area (Å²) in [5, 5.41) is 2.71. The molecule has 0 saturated heterocycles. The SMILES string of the molecule is Cc1ccc(S(=O)(=O)c2c(C)cc(C)n(CC(=O)Nc3ccccc3)c2=O)cc1C. The number of hydrogen-bond acceptors (Lipinski definition) is 4. The number of nitrogens with one attached hydrogen (secondary N) is 1. The van der Waals surface area contributed by atoms with Crippen LogP contribution < -0.4 is 10.9 Å². The first-order chi connectivity index (χ1) is 14.1. The number of pyridine rings is 1. The summed E-state index contributed by atoms with van der Waals surface area (Å²) in [6, 6.07) is 15.3. The summed E-state index contributed by atoms with van der Waals surface area (Å²) in [7, 11) is -4.04. The maximum atomic E-state index is 13.3. The Bertz CT molecular complexity index is 1280. The van der Waals surface area contributed by atoms with Gasteiger partial charge in [-0.2, -0.15) is 0 Å². The van der Waals surface area contributed by atoms with Crippen molar-refractivity contribution in [2.24, 2.45) is 0 Å². The summed E-state index contributed by atoms with van der Waals surface area (Å²) < 4.78 is 27.7. The first kappa shape index (κ1) is 21.5.